The van der Waals surface area contributed by atoms with E-state index in [2.05, 4.69) is 115 Å². The second kappa shape index (κ2) is 8.84. The molecule has 0 saturated heterocycles. The minimum atomic E-state index is -0.136. The molecular weight excluding hydrogens is 536 g/mol. The SMILES string of the molecule is COc1c2nc(cc3cc(-c4ccc(C)cc4)c(cc4nc(cc5cc(Br)c1[nH]5)C(C)(C)C4)[nH]3)C(C)(C)C2. The predicted octanol–water partition coefficient (Wildman–Crippen LogP) is 8.10. The van der Waals surface area contributed by atoms with E-state index in [9.17, 15) is 0 Å². The van der Waals surface area contributed by atoms with Gasteiger partial charge in [-0.15, -0.1) is 0 Å². The minimum absolute atomic E-state index is 0.0834. The molecule has 2 aliphatic heterocycles. The zero-order valence-electron chi connectivity index (χ0n) is 22.8. The van der Waals surface area contributed by atoms with Crippen molar-refractivity contribution in [2.45, 2.75) is 58.3 Å². The molecule has 0 unspecified atom stereocenters. The molecule has 0 amide bonds. The maximum absolute atomic E-state index is 5.95. The number of aryl methyl sites for hydroxylation is 1. The molecule has 1 aromatic carbocycles. The number of nitrogens with one attached hydrogen (secondary N) is 2. The van der Waals surface area contributed by atoms with Gasteiger partial charge in [0.15, 0.2) is 5.75 Å². The zero-order chi connectivity index (χ0) is 26.8. The first kappa shape index (κ1) is 24.9. The van der Waals surface area contributed by atoms with Gasteiger partial charge in [0.05, 0.1) is 18.3 Å². The molecular formula is C32H33BrN4O. The Bertz CT molecular complexity index is 1720. The molecule has 0 spiro atoms. The van der Waals surface area contributed by atoms with E-state index in [4.69, 9.17) is 14.7 Å². The highest BCUT2D eigenvalue weighted by Crippen LogP contribution is 2.39. The van der Waals surface area contributed by atoms with E-state index in [1.807, 2.05) is 0 Å². The molecule has 5 heterocycles. The monoisotopic (exact) mass is 568 g/mol. The van der Waals surface area contributed by atoms with E-state index in [1.165, 1.54) is 16.7 Å². The number of ether oxygens (including phenoxy) is 1. The molecule has 0 aliphatic carbocycles. The van der Waals surface area contributed by atoms with Gasteiger partial charge in [-0.2, -0.15) is 0 Å². The van der Waals surface area contributed by atoms with Crippen LogP contribution in [-0.4, -0.2) is 27.0 Å². The number of halogens is 1. The summed E-state index contributed by atoms with van der Waals surface area (Å²) in [6.07, 6.45) is 1.65. The Labute approximate surface area is 231 Å². The van der Waals surface area contributed by atoms with Crippen LogP contribution in [0.1, 0.15) is 56.0 Å². The number of nitrogens with zero attached hydrogens (tertiary/aromatic N) is 2. The average molecular weight is 570 g/mol. The van der Waals surface area contributed by atoms with Crippen LogP contribution in [-0.2, 0) is 23.7 Å². The number of fused-ring (bicyclic) bond motifs is 8. The second-order valence-electron chi connectivity index (χ2n) is 11.9. The lowest BCUT2D eigenvalue weighted by molar-refractivity contribution is 0.409. The van der Waals surface area contributed by atoms with Crippen LogP contribution in [0, 0.1) is 6.92 Å². The van der Waals surface area contributed by atoms with E-state index < -0.39 is 0 Å². The number of H-pyrrole nitrogens is 2. The predicted molar refractivity (Wildman–Crippen MR) is 159 cm³/mol. The van der Waals surface area contributed by atoms with Gasteiger partial charge < -0.3 is 14.7 Å². The molecule has 2 N–H and O–H groups in total. The maximum Gasteiger partial charge on any atom is 0.164 e. The normalized spacial score (nSPS) is 16.0. The number of aromatic nitrogens is 4. The van der Waals surface area contributed by atoms with E-state index in [0.29, 0.717) is 0 Å². The molecule has 5 nitrogen and oxygen atoms in total. The van der Waals surface area contributed by atoms with Crippen molar-refractivity contribution in [3.05, 3.63) is 87.4 Å². The van der Waals surface area contributed by atoms with Crippen LogP contribution in [0.5, 0.6) is 5.75 Å². The largest absolute Gasteiger partial charge is 0.493 e. The van der Waals surface area contributed by atoms with Crippen LogP contribution in [0.3, 0.4) is 0 Å². The Morgan fingerprint density at radius 1 is 0.816 bits per heavy atom. The van der Waals surface area contributed by atoms with Crippen LogP contribution >= 0.6 is 15.9 Å². The van der Waals surface area contributed by atoms with Gasteiger partial charge in [0.2, 0.25) is 0 Å². The summed E-state index contributed by atoms with van der Waals surface area (Å²) < 4.78 is 6.90. The number of hydrogen-bond donors (Lipinski definition) is 2. The van der Waals surface area contributed by atoms with Crippen molar-refractivity contribution < 1.29 is 4.74 Å². The molecule has 0 saturated carbocycles. The smallest absolute Gasteiger partial charge is 0.164 e. The van der Waals surface area contributed by atoms with Crippen LogP contribution in [0.25, 0.3) is 33.2 Å². The fraction of sp³-hybridized carbons (Fsp3) is 0.312. The molecule has 0 fully saturated rings. The van der Waals surface area contributed by atoms with Crippen LogP contribution in [0.15, 0.2) is 59.1 Å². The van der Waals surface area contributed by atoms with E-state index in [0.717, 1.165) is 67.9 Å². The Balaban J connectivity index is 1.74. The van der Waals surface area contributed by atoms with Gasteiger partial charge in [0, 0.05) is 67.3 Å². The number of benzene rings is 1. The van der Waals surface area contributed by atoms with Gasteiger partial charge in [-0.05, 0) is 58.7 Å². The molecule has 6 rings (SSSR count). The zero-order valence-corrected chi connectivity index (χ0v) is 24.4. The Morgan fingerprint density at radius 3 is 2.18 bits per heavy atom. The number of hydrogen-bond acceptors (Lipinski definition) is 3. The molecule has 3 aromatic heterocycles. The Hall–Kier alpha value is -3.38. The van der Waals surface area contributed by atoms with Crippen molar-refractivity contribution >= 4 is 38.0 Å². The molecule has 2 aliphatic rings. The van der Waals surface area contributed by atoms with Gasteiger partial charge in [-0.1, -0.05) is 57.5 Å². The van der Waals surface area contributed by atoms with Gasteiger partial charge >= 0.3 is 0 Å². The van der Waals surface area contributed by atoms with Crippen molar-refractivity contribution in [2.24, 2.45) is 0 Å². The number of methoxy groups -OCH3 is 1. The minimum Gasteiger partial charge on any atom is -0.493 e. The molecule has 0 radical (unpaired) electrons. The fourth-order valence-electron chi connectivity index (χ4n) is 5.58. The van der Waals surface area contributed by atoms with Gasteiger partial charge in [-0.25, -0.2) is 0 Å². The third-order valence-corrected chi connectivity index (χ3v) is 8.37. The fourth-order valence-corrected chi connectivity index (χ4v) is 6.10. The lowest BCUT2D eigenvalue weighted by atomic mass is 9.87. The Kier molecular flexibility index (Phi) is 5.80. The summed E-state index contributed by atoms with van der Waals surface area (Å²) in [4.78, 5) is 17.5. The van der Waals surface area contributed by atoms with Gasteiger partial charge in [0.1, 0.15) is 0 Å². The third-order valence-electron chi connectivity index (χ3n) is 7.75. The standard InChI is InChI=1S/C32H33BrN4O/c1-18-7-9-19(10-8-18)23-11-20-14-28-32(4,5)17-26(37-28)30(38-6)29-24(33)12-21(36-29)15-27-31(2,3)16-22(35-27)13-25(23)34-20/h7-15,34,36H,16-17H2,1-6H3. The highest BCUT2D eigenvalue weighted by molar-refractivity contribution is 9.10. The molecule has 194 valence electrons. The summed E-state index contributed by atoms with van der Waals surface area (Å²) in [6, 6.07) is 19.6. The topological polar surface area (TPSA) is 66.6 Å². The first-order chi connectivity index (χ1) is 18.0. The van der Waals surface area contributed by atoms with Crippen molar-refractivity contribution in [2.75, 3.05) is 7.11 Å². The lowest BCUT2D eigenvalue weighted by Crippen LogP contribution is -2.15. The maximum atomic E-state index is 5.95. The first-order valence-electron chi connectivity index (χ1n) is 13.1. The molecule has 6 heteroatoms. The van der Waals surface area contributed by atoms with Crippen molar-refractivity contribution in [3.63, 3.8) is 0 Å². The van der Waals surface area contributed by atoms with E-state index in [-0.39, 0.29) is 10.8 Å². The highest BCUT2D eigenvalue weighted by Gasteiger charge is 2.32. The lowest BCUT2D eigenvalue weighted by Gasteiger charge is -2.16. The average Bonchev–Trinajstić information content (AvgIpc) is 3.55. The van der Waals surface area contributed by atoms with Gasteiger partial charge in [0.25, 0.3) is 0 Å². The quantitative estimate of drug-likeness (QED) is 0.256. The van der Waals surface area contributed by atoms with Crippen molar-refractivity contribution in [1.29, 1.82) is 0 Å². The molecule has 4 aromatic rings. The summed E-state index contributed by atoms with van der Waals surface area (Å²) in [5, 5.41) is 0. The number of rotatable bonds is 2. The second-order valence-corrected chi connectivity index (χ2v) is 12.7. The summed E-state index contributed by atoms with van der Waals surface area (Å²) in [5.41, 5.74) is 11.5. The van der Waals surface area contributed by atoms with E-state index in [1.54, 1.807) is 7.11 Å². The summed E-state index contributed by atoms with van der Waals surface area (Å²) in [6.45, 7) is 11.1. The summed E-state index contributed by atoms with van der Waals surface area (Å²) >= 11 is 3.76. The first-order valence-corrected chi connectivity index (χ1v) is 13.9. The van der Waals surface area contributed by atoms with E-state index >= 15 is 0 Å². The third kappa shape index (κ3) is 4.35. The van der Waals surface area contributed by atoms with Crippen LogP contribution in [0.4, 0.5) is 0 Å². The van der Waals surface area contributed by atoms with Crippen molar-refractivity contribution in [1.82, 2.24) is 19.9 Å². The molecule has 8 bridgehead atoms. The van der Waals surface area contributed by atoms with Crippen LogP contribution in [0.2, 0.25) is 0 Å². The number of aromatic amines is 2. The molecule has 0 atom stereocenters. The van der Waals surface area contributed by atoms with Crippen LogP contribution < -0.4 is 4.74 Å². The molecule has 38 heavy (non-hydrogen) atoms. The Morgan fingerprint density at radius 2 is 1.47 bits per heavy atom. The summed E-state index contributed by atoms with van der Waals surface area (Å²) in [5.74, 6) is 0.765. The highest BCUT2D eigenvalue weighted by atomic mass is 79.9. The summed E-state index contributed by atoms with van der Waals surface area (Å²) in [7, 11) is 1.72. The van der Waals surface area contributed by atoms with Crippen molar-refractivity contribution in [3.8, 4) is 16.9 Å². The van der Waals surface area contributed by atoms with Gasteiger partial charge in [-0.3, -0.25) is 9.97 Å².